The lowest BCUT2D eigenvalue weighted by molar-refractivity contribution is -0.146. The highest BCUT2D eigenvalue weighted by Gasteiger charge is 2.14. The van der Waals surface area contributed by atoms with Crippen LogP contribution in [0, 0.1) is 5.82 Å². The molecule has 0 saturated heterocycles. The Balaban J connectivity index is 2.40. The summed E-state index contributed by atoms with van der Waals surface area (Å²) in [7, 11) is 0. The SMILES string of the molecule is O=C(COc1ccc(F)cc1Br)NCC(O)C(=O)O. The van der Waals surface area contributed by atoms with Crippen molar-refractivity contribution in [3.63, 3.8) is 0 Å². The van der Waals surface area contributed by atoms with Crippen molar-refractivity contribution >= 4 is 27.8 Å². The summed E-state index contributed by atoms with van der Waals surface area (Å²) in [6, 6.07) is 3.70. The number of rotatable bonds is 6. The first kappa shape index (κ1) is 15.4. The summed E-state index contributed by atoms with van der Waals surface area (Å²) in [5.74, 6) is -2.21. The topological polar surface area (TPSA) is 95.9 Å². The molecule has 0 heterocycles. The number of nitrogens with one attached hydrogen (secondary N) is 1. The Morgan fingerprint density at radius 2 is 2.16 bits per heavy atom. The Kier molecular flexibility index (Phi) is 5.71. The highest BCUT2D eigenvalue weighted by atomic mass is 79.9. The highest BCUT2D eigenvalue weighted by Crippen LogP contribution is 2.25. The molecule has 0 aliphatic carbocycles. The molecule has 0 bridgehead atoms. The molecule has 1 amide bonds. The number of ether oxygens (including phenoxy) is 1. The van der Waals surface area contributed by atoms with Crippen molar-refractivity contribution in [2.45, 2.75) is 6.10 Å². The van der Waals surface area contributed by atoms with Crippen molar-refractivity contribution in [1.82, 2.24) is 5.32 Å². The number of carbonyl (C=O) groups excluding carboxylic acids is 1. The van der Waals surface area contributed by atoms with Gasteiger partial charge in [0.1, 0.15) is 11.6 Å². The van der Waals surface area contributed by atoms with E-state index in [1.54, 1.807) is 0 Å². The number of aliphatic hydroxyl groups is 1. The van der Waals surface area contributed by atoms with Crippen LogP contribution in [0.5, 0.6) is 5.75 Å². The third-order valence-electron chi connectivity index (χ3n) is 2.03. The molecule has 1 unspecified atom stereocenters. The smallest absolute Gasteiger partial charge is 0.334 e. The average Bonchev–Trinajstić information content (AvgIpc) is 2.34. The molecule has 0 aromatic heterocycles. The Morgan fingerprint density at radius 3 is 2.74 bits per heavy atom. The van der Waals surface area contributed by atoms with E-state index in [4.69, 9.17) is 14.9 Å². The summed E-state index contributed by atoms with van der Waals surface area (Å²) < 4.78 is 18.2. The van der Waals surface area contributed by atoms with Crippen LogP contribution in [0.3, 0.4) is 0 Å². The van der Waals surface area contributed by atoms with Crippen molar-refractivity contribution in [2.75, 3.05) is 13.2 Å². The van der Waals surface area contributed by atoms with Gasteiger partial charge in [-0.3, -0.25) is 4.79 Å². The van der Waals surface area contributed by atoms with E-state index in [2.05, 4.69) is 21.2 Å². The Morgan fingerprint density at radius 1 is 1.47 bits per heavy atom. The standard InChI is InChI=1S/C11H11BrFNO5/c12-7-3-6(13)1-2-9(7)19-5-10(16)14-4-8(15)11(17)18/h1-3,8,15H,4-5H2,(H,14,16)(H,17,18). The van der Waals surface area contributed by atoms with Crippen LogP contribution in [-0.4, -0.2) is 41.3 Å². The molecule has 6 nitrogen and oxygen atoms in total. The molecule has 0 radical (unpaired) electrons. The van der Waals surface area contributed by atoms with Gasteiger partial charge < -0.3 is 20.3 Å². The van der Waals surface area contributed by atoms with Crippen LogP contribution >= 0.6 is 15.9 Å². The second-order valence-corrected chi connectivity index (χ2v) is 4.38. The van der Waals surface area contributed by atoms with Crippen LogP contribution in [0.25, 0.3) is 0 Å². The molecule has 0 spiro atoms. The minimum Gasteiger partial charge on any atom is -0.483 e. The zero-order valence-corrected chi connectivity index (χ0v) is 11.2. The van der Waals surface area contributed by atoms with Crippen LogP contribution in [0.2, 0.25) is 0 Å². The van der Waals surface area contributed by atoms with E-state index in [9.17, 15) is 14.0 Å². The van der Waals surface area contributed by atoms with Gasteiger partial charge in [0.05, 0.1) is 11.0 Å². The van der Waals surface area contributed by atoms with Gasteiger partial charge in [-0.1, -0.05) is 0 Å². The molecule has 0 aliphatic heterocycles. The largest absolute Gasteiger partial charge is 0.483 e. The van der Waals surface area contributed by atoms with Gasteiger partial charge in [-0.25, -0.2) is 9.18 Å². The van der Waals surface area contributed by atoms with Crippen molar-refractivity contribution in [3.8, 4) is 5.75 Å². The van der Waals surface area contributed by atoms with Gasteiger partial charge in [-0.05, 0) is 34.1 Å². The first-order valence-corrected chi connectivity index (χ1v) is 5.95. The maximum atomic E-state index is 12.8. The van der Waals surface area contributed by atoms with Gasteiger partial charge in [0.15, 0.2) is 12.7 Å². The van der Waals surface area contributed by atoms with Gasteiger partial charge in [0, 0.05) is 0 Å². The monoisotopic (exact) mass is 335 g/mol. The molecule has 0 saturated carbocycles. The summed E-state index contributed by atoms with van der Waals surface area (Å²) in [6.07, 6.45) is -1.67. The lowest BCUT2D eigenvalue weighted by Gasteiger charge is -2.10. The van der Waals surface area contributed by atoms with Gasteiger partial charge in [-0.2, -0.15) is 0 Å². The second kappa shape index (κ2) is 7.05. The Labute approximate surface area is 116 Å². The van der Waals surface area contributed by atoms with Crippen molar-refractivity contribution in [2.24, 2.45) is 0 Å². The average molecular weight is 336 g/mol. The molecular formula is C11H11BrFNO5. The lowest BCUT2D eigenvalue weighted by atomic mass is 10.3. The minimum absolute atomic E-state index is 0.273. The summed E-state index contributed by atoms with van der Waals surface area (Å²) in [4.78, 5) is 21.6. The number of aliphatic carboxylic acids is 1. The Bertz CT molecular complexity index is 482. The number of carboxylic acid groups (broad SMARTS) is 1. The predicted octanol–water partition coefficient (Wildman–Crippen LogP) is 0.529. The van der Waals surface area contributed by atoms with Gasteiger partial charge in [-0.15, -0.1) is 0 Å². The zero-order valence-electron chi connectivity index (χ0n) is 9.60. The summed E-state index contributed by atoms with van der Waals surface area (Å²) in [5.41, 5.74) is 0. The fourth-order valence-electron chi connectivity index (χ4n) is 1.08. The van der Waals surface area contributed by atoms with Gasteiger partial charge in [0.25, 0.3) is 5.91 Å². The van der Waals surface area contributed by atoms with Crippen LogP contribution in [0.4, 0.5) is 4.39 Å². The number of halogens is 2. The number of aliphatic hydroxyl groups excluding tert-OH is 1. The van der Waals surface area contributed by atoms with Gasteiger partial charge in [0.2, 0.25) is 0 Å². The molecule has 3 N–H and O–H groups in total. The summed E-state index contributed by atoms with van der Waals surface area (Å²) in [5, 5.41) is 19.5. The van der Waals surface area contributed by atoms with E-state index in [1.165, 1.54) is 18.2 Å². The second-order valence-electron chi connectivity index (χ2n) is 3.52. The normalized spacial score (nSPS) is 11.7. The fraction of sp³-hybridized carbons (Fsp3) is 0.273. The molecule has 0 aliphatic rings. The van der Waals surface area contributed by atoms with Crippen LogP contribution in [0.15, 0.2) is 22.7 Å². The number of amides is 1. The predicted molar refractivity (Wildman–Crippen MR) is 66.2 cm³/mol. The maximum absolute atomic E-state index is 12.8. The molecule has 1 atom stereocenters. The summed E-state index contributed by atoms with van der Waals surface area (Å²) >= 11 is 3.06. The van der Waals surface area contributed by atoms with Crippen molar-refractivity contribution < 1.29 is 28.9 Å². The van der Waals surface area contributed by atoms with E-state index in [0.717, 1.165) is 0 Å². The molecule has 0 fully saturated rings. The maximum Gasteiger partial charge on any atom is 0.334 e. The van der Waals surface area contributed by atoms with E-state index < -0.39 is 30.3 Å². The highest BCUT2D eigenvalue weighted by molar-refractivity contribution is 9.10. The fourth-order valence-corrected chi connectivity index (χ4v) is 1.55. The van der Waals surface area contributed by atoms with E-state index >= 15 is 0 Å². The van der Waals surface area contributed by atoms with Crippen LogP contribution in [0.1, 0.15) is 0 Å². The number of hydrogen-bond acceptors (Lipinski definition) is 4. The lowest BCUT2D eigenvalue weighted by Crippen LogP contribution is -2.38. The molecule has 1 aromatic rings. The quantitative estimate of drug-likeness (QED) is 0.704. The molecule has 104 valence electrons. The molecular weight excluding hydrogens is 325 g/mol. The van der Waals surface area contributed by atoms with E-state index in [-0.39, 0.29) is 12.4 Å². The molecule has 1 rings (SSSR count). The third kappa shape index (κ3) is 5.23. The van der Waals surface area contributed by atoms with Crippen molar-refractivity contribution in [1.29, 1.82) is 0 Å². The van der Waals surface area contributed by atoms with Crippen LogP contribution < -0.4 is 10.1 Å². The number of carbonyl (C=O) groups is 2. The number of benzene rings is 1. The zero-order chi connectivity index (χ0) is 14.4. The summed E-state index contributed by atoms with van der Waals surface area (Å²) in [6.45, 7) is -0.793. The van der Waals surface area contributed by atoms with Crippen LogP contribution in [-0.2, 0) is 9.59 Å². The molecule has 1 aromatic carbocycles. The van der Waals surface area contributed by atoms with Crippen molar-refractivity contribution in [3.05, 3.63) is 28.5 Å². The third-order valence-corrected chi connectivity index (χ3v) is 2.65. The minimum atomic E-state index is -1.67. The van der Waals surface area contributed by atoms with E-state index in [0.29, 0.717) is 4.47 Å². The van der Waals surface area contributed by atoms with E-state index in [1.807, 2.05) is 0 Å². The molecule has 19 heavy (non-hydrogen) atoms. The Hall–Kier alpha value is -1.67. The molecule has 8 heteroatoms. The first-order valence-electron chi connectivity index (χ1n) is 5.15. The first-order chi connectivity index (χ1) is 8.90. The number of hydrogen-bond donors (Lipinski definition) is 3. The number of carboxylic acids is 1. The van der Waals surface area contributed by atoms with Gasteiger partial charge >= 0.3 is 5.97 Å².